The lowest BCUT2D eigenvalue weighted by molar-refractivity contribution is 0.103. The summed E-state index contributed by atoms with van der Waals surface area (Å²) in [7, 11) is 1.57. The van der Waals surface area contributed by atoms with Crippen molar-refractivity contribution in [3.05, 3.63) is 34.9 Å². The SMILES string of the molecule is COC(CNC(=O)NC(C)CO)c1cccc(Cl)c1. The summed E-state index contributed by atoms with van der Waals surface area (Å²) in [6, 6.07) is 6.66. The summed E-state index contributed by atoms with van der Waals surface area (Å²) in [6.07, 6.45) is -0.270. The monoisotopic (exact) mass is 286 g/mol. The van der Waals surface area contributed by atoms with E-state index < -0.39 is 0 Å². The highest BCUT2D eigenvalue weighted by atomic mass is 35.5. The quantitative estimate of drug-likeness (QED) is 0.745. The van der Waals surface area contributed by atoms with Crippen molar-refractivity contribution in [1.82, 2.24) is 10.6 Å². The Morgan fingerprint density at radius 3 is 2.84 bits per heavy atom. The molecule has 0 saturated heterocycles. The number of rotatable bonds is 6. The highest BCUT2D eigenvalue weighted by Gasteiger charge is 2.13. The molecule has 0 saturated carbocycles. The summed E-state index contributed by atoms with van der Waals surface area (Å²) in [5.41, 5.74) is 0.894. The fourth-order valence-corrected chi connectivity index (χ4v) is 1.75. The predicted molar refractivity (Wildman–Crippen MR) is 74.3 cm³/mol. The van der Waals surface area contributed by atoms with E-state index in [1.807, 2.05) is 12.1 Å². The summed E-state index contributed by atoms with van der Waals surface area (Å²) >= 11 is 5.91. The van der Waals surface area contributed by atoms with E-state index in [1.54, 1.807) is 26.2 Å². The molecule has 0 aliphatic rings. The van der Waals surface area contributed by atoms with Crippen molar-refractivity contribution in [3.63, 3.8) is 0 Å². The zero-order valence-electron chi connectivity index (χ0n) is 11.0. The fourth-order valence-electron chi connectivity index (χ4n) is 1.55. The van der Waals surface area contributed by atoms with E-state index >= 15 is 0 Å². The van der Waals surface area contributed by atoms with Gasteiger partial charge >= 0.3 is 6.03 Å². The van der Waals surface area contributed by atoms with Crippen molar-refractivity contribution in [1.29, 1.82) is 0 Å². The lowest BCUT2D eigenvalue weighted by Gasteiger charge is -2.18. The second kappa shape index (κ2) is 7.99. The van der Waals surface area contributed by atoms with Gasteiger partial charge in [-0.1, -0.05) is 23.7 Å². The molecule has 3 N–H and O–H groups in total. The molecule has 2 amide bonds. The number of benzene rings is 1. The first-order valence-electron chi connectivity index (χ1n) is 6.00. The molecule has 6 heteroatoms. The Morgan fingerprint density at radius 2 is 2.26 bits per heavy atom. The van der Waals surface area contributed by atoms with Gasteiger partial charge in [-0.3, -0.25) is 0 Å². The van der Waals surface area contributed by atoms with Crippen LogP contribution in [0.5, 0.6) is 0 Å². The van der Waals surface area contributed by atoms with Crippen molar-refractivity contribution >= 4 is 17.6 Å². The van der Waals surface area contributed by atoms with E-state index in [9.17, 15) is 4.79 Å². The molecular formula is C13H19ClN2O3. The number of aliphatic hydroxyl groups is 1. The molecule has 2 atom stereocenters. The molecule has 0 aliphatic heterocycles. The van der Waals surface area contributed by atoms with Crippen LogP contribution in [0.3, 0.4) is 0 Å². The standard InChI is InChI=1S/C13H19ClN2O3/c1-9(8-17)16-13(18)15-7-12(19-2)10-4-3-5-11(14)6-10/h3-6,9,12,17H,7-8H2,1-2H3,(H2,15,16,18). The van der Waals surface area contributed by atoms with Gasteiger partial charge in [0.15, 0.2) is 0 Å². The van der Waals surface area contributed by atoms with E-state index in [0.29, 0.717) is 11.6 Å². The molecule has 0 fully saturated rings. The largest absolute Gasteiger partial charge is 0.394 e. The summed E-state index contributed by atoms with van der Waals surface area (Å²) in [5, 5.41) is 14.7. The second-order valence-corrected chi connectivity index (χ2v) is 4.65. The zero-order valence-corrected chi connectivity index (χ0v) is 11.8. The van der Waals surface area contributed by atoms with Gasteiger partial charge < -0.3 is 20.5 Å². The van der Waals surface area contributed by atoms with Crippen LogP contribution in [-0.4, -0.2) is 37.4 Å². The second-order valence-electron chi connectivity index (χ2n) is 4.22. The van der Waals surface area contributed by atoms with E-state index in [0.717, 1.165) is 5.56 Å². The highest BCUT2D eigenvalue weighted by molar-refractivity contribution is 6.30. The molecule has 0 spiro atoms. The maximum atomic E-state index is 11.5. The summed E-state index contributed by atoms with van der Waals surface area (Å²) in [5.74, 6) is 0. The van der Waals surface area contributed by atoms with Crippen LogP contribution in [0, 0.1) is 0 Å². The Balaban J connectivity index is 2.51. The van der Waals surface area contributed by atoms with Crippen LogP contribution in [0.4, 0.5) is 4.79 Å². The topological polar surface area (TPSA) is 70.6 Å². The van der Waals surface area contributed by atoms with Gasteiger partial charge in [-0.2, -0.15) is 0 Å². The third-order valence-electron chi connectivity index (χ3n) is 2.60. The normalized spacial score (nSPS) is 13.7. The van der Waals surface area contributed by atoms with Gasteiger partial charge in [0.2, 0.25) is 0 Å². The number of amides is 2. The number of nitrogens with one attached hydrogen (secondary N) is 2. The highest BCUT2D eigenvalue weighted by Crippen LogP contribution is 2.19. The number of carbonyl (C=O) groups excluding carboxylic acids is 1. The Morgan fingerprint density at radius 1 is 1.53 bits per heavy atom. The average Bonchev–Trinajstić information content (AvgIpc) is 2.39. The lowest BCUT2D eigenvalue weighted by atomic mass is 10.1. The van der Waals surface area contributed by atoms with Gasteiger partial charge in [-0.05, 0) is 24.6 Å². The molecule has 1 aromatic rings. The van der Waals surface area contributed by atoms with E-state index in [-0.39, 0.29) is 24.8 Å². The van der Waals surface area contributed by atoms with Gasteiger partial charge in [0.1, 0.15) is 0 Å². The minimum Gasteiger partial charge on any atom is -0.394 e. The Labute approximate surface area is 117 Å². The number of urea groups is 1. The minimum atomic E-state index is -0.342. The van der Waals surface area contributed by atoms with Crippen LogP contribution in [0.2, 0.25) is 5.02 Å². The third-order valence-corrected chi connectivity index (χ3v) is 2.84. The summed E-state index contributed by atoms with van der Waals surface area (Å²) in [4.78, 5) is 11.5. The number of aliphatic hydroxyl groups excluding tert-OH is 1. The van der Waals surface area contributed by atoms with Crippen molar-refractivity contribution in [3.8, 4) is 0 Å². The average molecular weight is 287 g/mol. The molecular weight excluding hydrogens is 268 g/mol. The molecule has 0 aliphatic carbocycles. The van der Waals surface area contributed by atoms with Gasteiger partial charge in [-0.25, -0.2) is 4.79 Å². The molecule has 2 unspecified atom stereocenters. The number of methoxy groups -OCH3 is 1. The summed E-state index contributed by atoms with van der Waals surface area (Å²) in [6.45, 7) is 1.93. The molecule has 106 valence electrons. The molecule has 1 rings (SSSR count). The number of carbonyl (C=O) groups is 1. The predicted octanol–water partition coefficient (Wildman–Crippen LogP) is 1.71. The first-order valence-corrected chi connectivity index (χ1v) is 6.38. The Bertz CT molecular complexity index is 415. The van der Waals surface area contributed by atoms with Crippen LogP contribution in [0.1, 0.15) is 18.6 Å². The lowest BCUT2D eigenvalue weighted by Crippen LogP contribution is -2.43. The fraction of sp³-hybridized carbons (Fsp3) is 0.462. The first kappa shape index (κ1) is 15.8. The number of halogens is 1. The van der Waals surface area contributed by atoms with Gasteiger partial charge in [0.05, 0.1) is 18.8 Å². The van der Waals surface area contributed by atoms with Gasteiger partial charge in [0, 0.05) is 18.7 Å². The number of hydrogen-bond donors (Lipinski definition) is 3. The first-order chi connectivity index (χ1) is 9.06. The van der Waals surface area contributed by atoms with Crippen LogP contribution in [0.25, 0.3) is 0 Å². The molecule has 0 heterocycles. The van der Waals surface area contributed by atoms with Crippen LogP contribution >= 0.6 is 11.6 Å². The number of hydrogen-bond acceptors (Lipinski definition) is 3. The van der Waals surface area contributed by atoms with Crippen molar-refractivity contribution in [2.24, 2.45) is 0 Å². The molecule has 1 aromatic carbocycles. The summed E-state index contributed by atoms with van der Waals surface area (Å²) < 4.78 is 5.32. The van der Waals surface area contributed by atoms with E-state index in [1.165, 1.54) is 0 Å². The van der Waals surface area contributed by atoms with Gasteiger partial charge in [0.25, 0.3) is 0 Å². The molecule has 0 aromatic heterocycles. The zero-order chi connectivity index (χ0) is 14.3. The molecule has 0 radical (unpaired) electrons. The van der Waals surface area contributed by atoms with Crippen LogP contribution in [-0.2, 0) is 4.74 Å². The smallest absolute Gasteiger partial charge is 0.315 e. The molecule has 5 nitrogen and oxygen atoms in total. The van der Waals surface area contributed by atoms with Crippen molar-refractivity contribution in [2.45, 2.75) is 19.1 Å². The molecule has 19 heavy (non-hydrogen) atoms. The van der Waals surface area contributed by atoms with Crippen molar-refractivity contribution in [2.75, 3.05) is 20.3 Å². The minimum absolute atomic E-state index is 0.102. The van der Waals surface area contributed by atoms with E-state index in [4.69, 9.17) is 21.4 Å². The molecule has 0 bridgehead atoms. The van der Waals surface area contributed by atoms with Crippen LogP contribution in [0.15, 0.2) is 24.3 Å². The van der Waals surface area contributed by atoms with Crippen LogP contribution < -0.4 is 10.6 Å². The van der Waals surface area contributed by atoms with Gasteiger partial charge in [-0.15, -0.1) is 0 Å². The number of ether oxygens (including phenoxy) is 1. The third kappa shape index (κ3) is 5.46. The van der Waals surface area contributed by atoms with E-state index in [2.05, 4.69) is 10.6 Å². The maximum Gasteiger partial charge on any atom is 0.315 e. The Hall–Kier alpha value is -1.30. The maximum absolute atomic E-state index is 11.5. The van der Waals surface area contributed by atoms with Crippen molar-refractivity contribution < 1.29 is 14.6 Å². The Kier molecular flexibility index (Phi) is 6.62.